The van der Waals surface area contributed by atoms with Crippen molar-refractivity contribution in [3.05, 3.63) is 58.9 Å². The molecule has 0 aliphatic heterocycles. The molecule has 0 atom stereocenters. The van der Waals surface area contributed by atoms with Crippen molar-refractivity contribution in [2.75, 3.05) is 6.61 Å². The Kier molecular flexibility index (Phi) is 7.24. The molecule has 156 valence electrons. The first-order chi connectivity index (χ1) is 14.6. The molecule has 0 radical (unpaired) electrons. The average molecular weight is 404 g/mol. The van der Waals surface area contributed by atoms with Crippen LogP contribution in [-0.4, -0.2) is 22.2 Å². The third-order valence-corrected chi connectivity index (χ3v) is 5.46. The van der Waals surface area contributed by atoms with Gasteiger partial charge in [-0.05, 0) is 74.9 Å². The molecule has 3 aromatic rings. The molecule has 5 heteroatoms. The summed E-state index contributed by atoms with van der Waals surface area (Å²) in [6.45, 7) is 6.48. The van der Waals surface area contributed by atoms with Crippen LogP contribution in [0.2, 0.25) is 0 Å². The smallest absolute Gasteiger partial charge is 0.305 e. The molecular weight excluding hydrogens is 374 g/mol. The van der Waals surface area contributed by atoms with Gasteiger partial charge in [-0.25, -0.2) is 4.52 Å². The quantitative estimate of drug-likeness (QED) is 0.354. The van der Waals surface area contributed by atoms with Gasteiger partial charge in [-0.2, -0.15) is 10.4 Å². The first-order valence-corrected chi connectivity index (χ1v) is 10.7. The summed E-state index contributed by atoms with van der Waals surface area (Å²) in [7, 11) is 0. The Balaban J connectivity index is 1.89. The van der Waals surface area contributed by atoms with Crippen molar-refractivity contribution in [2.45, 2.75) is 59.3 Å². The number of aryl methyl sites for hydroxylation is 2. The lowest BCUT2D eigenvalue weighted by atomic mass is 9.94. The Morgan fingerprint density at radius 2 is 1.87 bits per heavy atom. The third kappa shape index (κ3) is 4.71. The number of carbonyl (C=O) groups excluding carboxylic acids is 1. The SMILES string of the molecule is CCOC(=O)CCCCCc1c(C)nn2c(CC)ccc2c1-c1ccc(C#N)cc1. The highest BCUT2D eigenvalue weighted by Gasteiger charge is 2.16. The number of hydrogen-bond acceptors (Lipinski definition) is 4. The number of carbonyl (C=O) groups is 1. The lowest BCUT2D eigenvalue weighted by Crippen LogP contribution is -2.06. The van der Waals surface area contributed by atoms with E-state index in [0.29, 0.717) is 18.6 Å². The molecule has 0 saturated carbocycles. The monoisotopic (exact) mass is 403 g/mol. The van der Waals surface area contributed by atoms with Crippen molar-refractivity contribution in [3.8, 4) is 17.2 Å². The zero-order valence-corrected chi connectivity index (χ0v) is 18.1. The van der Waals surface area contributed by atoms with Crippen molar-refractivity contribution in [3.63, 3.8) is 0 Å². The van der Waals surface area contributed by atoms with Crippen LogP contribution >= 0.6 is 0 Å². The highest BCUT2D eigenvalue weighted by molar-refractivity contribution is 5.84. The molecule has 0 aliphatic carbocycles. The summed E-state index contributed by atoms with van der Waals surface area (Å²) in [4.78, 5) is 11.5. The molecule has 0 bridgehead atoms. The second-order valence-corrected chi connectivity index (χ2v) is 7.47. The lowest BCUT2D eigenvalue weighted by molar-refractivity contribution is -0.143. The summed E-state index contributed by atoms with van der Waals surface area (Å²) in [5.41, 5.74) is 7.50. The Labute approximate surface area is 178 Å². The van der Waals surface area contributed by atoms with E-state index in [1.165, 1.54) is 16.8 Å². The molecule has 30 heavy (non-hydrogen) atoms. The van der Waals surface area contributed by atoms with E-state index in [1.54, 1.807) is 0 Å². The minimum absolute atomic E-state index is 0.115. The maximum atomic E-state index is 11.5. The maximum absolute atomic E-state index is 11.5. The normalized spacial score (nSPS) is 10.9. The van der Waals surface area contributed by atoms with Crippen LogP contribution < -0.4 is 0 Å². The van der Waals surface area contributed by atoms with Crippen LogP contribution in [0.4, 0.5) is 0 Å². The number of ether oxygens (including phenoxy) is 1. The summed E-state index contributed by atoms with van der Waals surface area (Å²) in [5, 5.41) is 14.0. The Morgan fingerprint density at radius 1 is 1.10 bits per heavy atom. The average Bonchev–Trinajstić information content (AvgIpc) is 3.16. The van der Waals surface area contributed by atoms with Crippen molar-refractivity contribution in [1.82, 2.24) is 9.61 Å². The van der Waals surface area contributed by atoms with Gasteiger partial charge in [-0.1, -0.05) is 25.5 Å². The number of nitriles is 1. The lowest BCUT2D eigenvalue weighted by Gasteiger charge is -2.16. The number of esters is 1. The van der Waals surface area contributed by atoms with Gasteiger partial charge in [-0.15, -0.1) is 0 Å². The van der Waals surface area contributed by atoms with Crippen LogP contribution in [0.15, 0.2) is 36.4 Å². The predicted octanol–water partition coefficient (Wildman–Crippen LogP) is 5.41. The number of aromatic nitrogens is 2. The Bertz CT molecular complexity index is 1060. The summed E-state index contributed by atoms with van der Waals surface area (Å²) in [5.74, 6) is -0.115. The zero-order valence-electron chi connectivity index (χ0n) is 18.1. The second kappa shape index (κ2) is 10.1. The van der Waals surface area contributed by atoms with E-state index in [4.69, 9.17) is 15.1 Å². The van der Waals surface area contributed by atoms with E-state index in [9.17, 15) is 4.79 Å². The number of hydrogen-bond donors (Lipinski definition) is 0. The first kappa shape index (κ1) is 21.6. The number of fused-ring (bicyclic) bond motifs is 1. The van der Waals surface area contributed by atoms with Crippen LogP contribution in [0.5, 0.6) is 0 Å². The molecule has 0 N–H and O–H groups in total. The van der Waals surface area contributed by atoms with Crippen LogP contribution in [0.25, 0.3) is 16.6 Å². The summed E-state index contributed by atoms with van der Waals surface area (Å²) in [6, 6.07) is 14.3. The van der Waals surface area contributed by atoms with E-state index in [2.05, 4.69) is 32.0 Å². The molecule has 0 amide bonds. The predicted molar refractivity (Wildman–Crippen MR) is 118 cm³/mol. The highest BCUT2D eigenvalue weighted by atomic mass is 16.5. The largest absolute Gasteiger partial charge is 0.466 e. The van der Waals surface area contributed by atoms with Crippen molar-refractivity contribution >= 4 is 11.5 Å². The molecule has 0 fully saturated rings. The van der Waals surface area contributed by atoms with Gasteiger partial charge in [-0.3, -0.25) is 4.79 Å². The number of unbranched alkanes of at least 4 members (excludes halogenated alkanes) is 2. The van der Waals surface area contributed by atoms with Gasteiger partial charge in [0.05, 0.1) is 29.5 Å². The summed E-state index contributed by atoms with van der Waals surface area (Å²) < 4.78 is 7.06. The van der Waals surface area contributed by atoms with Crippen molar-refractivity contribution in [1.29, 1.82) is 5.26 Å². The number of rotatable bonds is 9. The fourth-order valence-electron chi connectivity index (χ4n) is 3.91. The molecule has 0 saturated heterocycles. The molecule has 0 spiro atoms. The molecule has 3 rings (SSSR count). The topological polar surface area (TPSA) is 67.4 Å². The van der Waals surface area contributed by atoms with E-state index in [0.717, 1.165) is 48.9 Å². The van der Waals surface area contributed by atoms with E-state index < -0.39 is 0 Å². The molecule has 2 heterocycles. The Morgan fingerprint density at radius 3 is 2.53 bits per heavy atom. The van der Waals surface area contributed by atoms with Gasteiger partial charge < -0.3 is 4.74 Å². The van der Waals surface area contributed by atoms with E-state index >= 15 is 0 Å². The minimum atomic E-state index is -0.115. The highest BCUT2D eigenvalue weighted by Crippen LogP contribution is 2.32. The van der Waals surface area contributed by atoms with Gasteiger partial charge in [0.2, 0.25) is 0 Å². The first-order valence-electron chi connectivity index (χ1n) is 10.7. The van der Waals surface area contributed by atoms with Gasteiger partial charge in [0.25, 0.3) is 0 Å². The van der Waals surface area contributed by atoms with Crippen molar-refractivity contribution in [2.24, 2.45) is 0 Å². The van der Waals surface area contributed by atoms with Gasteiger partial charge in [0, 0.05) is 17.7 Å². The third-order valence-electron chi connectivity index (χ3n) is 5.46. The number of benzene rings is 1. The molecular formula is C25H29N3O2. The fourth-order valence-corrected chi connectivity index (χ4v) is 3.91. The summed E-state index contributed by atoms with van der Waals surface area (Å²) >= 11 is 0. The summed E-state index contributed by atoms with van der Waals surface area (Å²) in [6.07, 6.45) is 5.09. The van der Waals surface area contributed by atoms with Crippen molar-refractivity contribution < 1.29 is 9.53 Å². The van der Waals surface area contributed by atoms with Crippen LogP contribution in [0.3, 0.4) is 0 Å². The van der Waals surface area contributed by atoms with Crippen LogP contribution in [0, 0.1) is 18.3 Å². The second-order valence-electron chi connectivity index (χ2n) is 7.47. The van der Waals surface area contributed by atoms with E-state index in [1.807, 2.05) is 35.7 Å². The molecule has 2 aromatic heterocycles. The fraction of sp³-hybridized carbons (Fsp3) is 0.400. The number of nitrogens with zero attached hydrogens (tertiary/aromatic N) is 3. The van der Waals surface area contributed by atoms with Gasteiger partial charge in [0.15, 0.2) is 0 Å². The molecule has 0 unspecified atom stereocenters. The van der Waals surface area contributed by atoms with Gasteiger partial charge in [0.1, 0.15) is 0 Å². The van der Waals surface area contributed by atoms with Gasteiger partial charge >= 0.3 is 5.97 Å². The Hall–Kier alpha value is -3.13. The molecule has 0 aliphatic rings. The molecule has 1 aromatic carbocycles. The molecule has 5 nitrogen and oxygen atoms in total. The van der Waals surface area contributed by atoms with Crippen LogP contribution in [-0.2, 0) is 22.4 Å². The minimum Gasteiger partial charge on any atom is -0.466 e. The maximum Gasteiger partial charge on any atom is 0.305 e. The van der Waals surface area contributed by atoms with E-state index in [-0.39, 0.29) is 5.97 Å². The van der Waals surface area contributed by atoms with Crippen LogP contribution in [0.1, 0.15) is 62.0 Å². The zero-order chi connectivity index (χ0) is 21.5. The standard InChI is InChI=1S/C25H29N3O2/c1-4-21-15-16-23-25(20-13-11-19(17-26)12-14-20)22(18(3)27-28(21)23)9-7-6-8-10-24(29)30-5-2/h11-16H,4-10H2,1-3H3.